The monoisotopic (exact) mass is 241 g/mol. The topological polar surface area (TPSA) is 61.4 Å². The van der Waals surface area contributed by atoms with Crippen LogP contribution in [0.15, 0.2) is 0 Å². The Balaban J connectivity index is 1.99. The molecule has 5 nitrogen and oxygen atoms in total. The smallest absolute Gasteiger partial charge is 0.236 e. The zero-order chi connectivity index (χ0) is 12.7. The van der Waals surface area contributed by atoms with Gasteiger partial charge in [0.15, 0.2) is 0 Å². The molecule has 98 valence electrons. The van der Waals surface area contributed by atoms with Crippen molar-refractivity contribution >= 4 is 11.8 Å². The van der Waals surface area contributed by atoms with Crippen LogP contribution in [0.5, 0.6) is 0 Å². The Morgan fingerprint density at radius 1 is 1.29 bits per heavy atom. The van der Waals surface area contributed by atoms with Crippen LogP contribution >= 0.6 is 0 Å². The molecule has 2 amide bonds. The molecule has 2 N–H and O–H groups in total. The molecule has 1 fully saturated rings. The second kappa shape index (κ2) is 7.27. The molecule has 0 aromatic carbocycles. The number of likely N-dealkylation sites (N-methyl/N-ethyl adjacent to an activating group) is 1. The summed E-state index contributed by atoms with van der Waals surface area (Å²) in [6.45, 7) is 3.63. The van der Waals surface area contributed by atoms with E-state index in [1.165, 1.54) is 0 Å². The minimum absolute atomic E-state index is 0.0438. The molecule has 0 spiro atoms. The van der Waals surface area contributed by atoms with Gasteiger partial charge in [-0.2, -0.15) is 0 Å². The maximum Gasteiger partial charge on any atom is 0.236 e. The van der Waals surface area contributed by atoms with Gasteiger partial charge < -0.3 is 15.5 Å². The van der Waals surface area contributed by atoms with Crippen LogP contribution in [-0.4, -0.2) is 49.4 Å². The summed E-state index contributed by atoms with van der Waals surface area (Å²) in [7, 11) is 1.84. The molecule has 1 aliphatic carbocycles. The third-order valence-electron chi connectivity index (χ3n) is 2.87. The van der Waals surface area contributed by atoms with Gasteiger partial charge in [-0.1, -0.05) is 6.92 Å². The zero-order valence-electron chi connectivity index (χ0n) is 10.8. The molecule has 1 aliphatic rings. The van der Waals surface area contributed by atoms with Crippen molar-refractivity contribution in [3.05, 3.63) is 0 Å². The minimum Gasteiger partial charge on any atom is -0.356 e. The highest BCUT2D eigenvalue weighted by Crippen LogP contribution is 2.24. The number of carbonyl (C=O) groups is 2. The quantitative estimate of drug-likeness (QED) is 0.593. The predicted octanol–water partition coefficient (Wildman–Crippen LogP) is 0.113. The summed E-state index contributed by atoms with van der Waals surface area (Å²) in [5.41, 5.74) is 0. The highest BCUT2D eigenvalue weighted by Gasteiger charge is 2.28. The van der Waals surface area contributed by atoms with Gasteiger partial charge in [-0.15, -0.1) is 0 Å². The van der Waals surface area contributed by atoms with Gasteiger partial charge in [0.2, 0.25) is 11.8 Å². The van der Waals surface area contributed by atoms with E-state index in [0.717, 1.165) is 25.8 Å². The highest BCUT2D eigenvalue weighted by atomic mass is 16.2. The summed E-state index contributed by atoms with van der Waals surface area (Å²) in [5.74, 6) is 0.156. The van der Waals surface area contributed by atoms with Crippen molar-refractivity contribution in [3.8, 4) is 0 Å². The minimum atomic E-state index is 0.0438. The van der Waals surface area contributed by atoms with E-state index in [1.54, 1.807) is 4.90 Å². The molecule has 0 aromatic rings. The van der Waals surface area contributed by atoms with Crippen LogP contribution in [0.2, 0.25) is 0 Å². The van der Waals surface area contributed by atoms with E-state index in [4.69, 9.17) is 0 Å². The lowest BCUT2D eigenvalue weighted by Gasteiger charge is -2.16. The van der Waals surface area contributed by atoms with Crippen LogP contribution in [0, 0.1) is 0 Å². The second-order valence-corrected chi connectivity index (χ2v) is 4.51. The maximum atomic E-state index is 11.6. The molecule has 17 heavy (non-hydrogen) atoms. The molecule has 0 saturated heterocycles. The number of hydrogen-bond donors (Lipinski definition) is 2. The summed E-state index contributed by atoms with van der Waals surface area (Å²) in [5, 5.41) is 5.80. The van der Waals surface area contributed by atoms with Gasteiger partial charge in [-0.05, 0) is 19.3 Å². The molecule has 0 atom stereocenters. The van der Waals surface area contributed by atoms with Crippen LogP contribution in [0.25, 0.3) is 0 Å². The Kier molecular flexibility index (Phi) is 5.97. The molecule has 0 aliphatic heterocycles. The van der Waals surface area contributed by atoms with Gasteiger partial charge in [-0.25, -0.2) is 0 Å². The summed E-state index contributed by atoms with van der Waals surface area (Å²) in [6, 6.07) is 0.456. The Bertz CT molecular complexity index is 264. The lowest BCUT2D eigenvalue weighted by Crippen LogP contribution is -2.38. The lowest BCUT2D eigenvalue weighted by atomic mass is 10.3. The molecule has 0 unspecified atom stereocenters. The second-order valence-electron chi connectivity index (χ2n) is 4.51. The van der Waals surface area contributed by atoms with Crippen molar-refractivity contribution in [2.24, 2.45) is 0 Å². The van der Waals surface area contributed by atoms with Crippen LogP contribution in [0.1, 0.15) is 32.6 Å². The molecule has 1 saturated carbocycles. The molecule has 5 heteroatoms. The first-order valence-corrected chi connectivity index (χ1v) is 6.38. The lowest BCUT2D eigenvalue weighted by molar-refractivity contribution is -0.129. The maximum absolute atomic E-state index is 11.6. The number of amides is 2. The van der Waals surface area contributed by atoms with Crippen LogP contribution in [-0.2, 0) is 9.59 Å². The van der Waals surface area contributed by atoms with E-state index >= 15 is 0 Å². The van der Waals surface area contributed by atoms with Crippen molar-refractivity contribution < 1.29 is 9.59 Å². The Morgan fingerprint density at radius 2 is 2.00 bits per heavy atom. The fraction of sp³-hybridized carbons (Fsp3) is 0.833. The molecular formula is C12H23N3O2. The van der Waals surface area contributed by atoms with E-state index in [-0.39, 0.29) is 11.8 Å². The number of hydrogen-bond acceptors (Lipinski definition) is 3. The largest absolute Gasteiger partial charge is 0.356 e. The molecule has 0 bridgehead atoms. The third-order valence-corrected chi connectivity index (χ3v) is 2.87. The van der Waals surface area contributed by atoms with Crippen LogP contribution in [0.3, 0.4) is 0 Å². The van der Waals surface area contributed by atoms with Crippen LogP contribution in [0.4, 0.5) is 0 Å². The third kappa shape index (κ3) is 5.68. The zero-order valence-corrected chi connectivity index (χ0v) is 10.8. The Morgan fingerprint density at radius 3 is 2.59 bits per heavy atom. The summed E-state index contributed by atoms with van der Waals surface area (Å²) in [6.07, 6.45) is 3.63. The first-order chi connectivity index (χ1) is 8.15. The van der Waals surface area contributed by atoms with Gasteiger partial charge in [0, 0.05) is 32.6 Å². The Labute approximate surface area is 103 Å². The number of rotatable bonds is 8. The molecule has 0 aromatic heterocycles. The summed E-state index contributed by atoms with van der Waals surface area (Å²) >= 11 is 0. The normalized spacial score (nSPS) is 14.5. The summed E-state index contributed by atoms with van der Waals surface area (Å²) in [4.78, 5) is 24.7. The van der Waals surface area contributed by atoms with Crippen molar-refractivity contribution in [1.82, 2.24) is 15.5 Å². The molecular weight excluding hydrogens is 218 g/mol. The van der Waals surface area contributed by atoms with E-state index in [0.29, 0.717) is 25.6 Å². The fourth-order valence-electron chi connectivity index (χ4n) is 1.54. The number of carbonyl (C=O) groups excluding carboxylic acids is 2. The van der Waals surface area contributed by atoms with Crippen molar-refractivity contribution in [1.29, 1.82) is 0 Å². The molecule has 0 radical (unpaired) electrons. The van der Waals surface area contributed by atoms with Gasteiger partial charge in [0.05, 0.1) is 6.54 Å². The van der Waals surface area contributed by atoms with Crippen molar-refractivity contribution in [2.75, 3.05) is 26.7 Å². The molecule has 1 rings (SSSR count). The molecule has 0 heterocycles. The van der Waals surface area contributed by atoms with E-state index in [2.05, 4.69) is 10.6 Å². The fourth-order valence-corrected chi connectivity index (χ4v) is 1.54. The van der Waals surface area contributed by atoms with Gasteiger partial charge in [-0.3, -0.25) is 9.59 Å². The van der Waals surface area contributed by atoms with E-state index in [1.807, 2.05) is 14.0 Å². The van der Waals surface area contributed by atoms with Crippen molar-refractivity contribution in [2.45, 2.75) is 38.6 Å². The van der Waals surface area contributed by atoms with E-state index < -0.39 is 0 Å². The highest BCUT2D eigenvalue weighted by molar-refractivity contribution is 5.79. The van der Waals surface area contributed by atoms with Gasteiger partial charge >= 0.3 is 0 Å². The van der Waals surface area contributed by atoms with Crippen molar-refractivity contribution in [3.63, 3.8) is 0 Å². The number of nitrogens with one attached hydrogen (secondary N) is 2. The number of nitrogens with zero attached hydrogens (tertiary/aromatic N) is 1. The van der Waals surface area contributed by atoms with Crippen LogP contribution < -0.4 is 10.6 Å². The summed E-state index contributed by atoms with van der Waals surface area (Å²) < 4.78 is 0. The first kappa shape index (κ1) is 14.0. The van der Waals surface area contributed by atoms with Gasteiger partial charge in [0.25, 0.3) is 0 Å². The average Bonchev–Trinajstić information content (AvgIpc) is 3.14. The van der Waals surface area contributed by atoms with Gasteiger partial charge in [0.1, 0.15) is 0 Å². The average molecular weight is 241 g/mol. The SMILES string of the molecule is CCCNC(=O)CCNCC(=O)N(C)C1CC1. The standard InChI is InChI=1S/C12H23N3O2/c1-3-7-14-11(16)6-8-13-9-12(17)15(2)10-4-5-10/h10,13H,3-9H2,1-2H3,(H,14,16). The van der Waals surface area contributed by atoms with E-state index in [9.17, 15) is 9.59 Å². The predicted molar refractivity (Wildman–Crippen MR) is 66.6 cm³/mol. The Hall–Kier alpha value is -1.10. The first-order valence-electron chi connectivity index (χ1n) is 6.38.